The summed E-state index contributed by atoms with van der Waals surface area (Å²) >= 11 is 0. The number of nitrogens with zero attached hydrogens (tertiary/aromatic N) is 3. The zero-order valence-electron chi connectivity index (χ0n) is 26.8. The lowest BCUT2D eigenvalue weighted by molar-refractivity contribution is 0.0582. The Morgan fingerprint density at radius 3 is 1.87 bits per heavy atom. The van der Waals surface area contributed by atoms with E-state index in [1.807, 2.05) is 17.0 Å². The van der Waals surface area contributed by atoms with Crippen LogP contribution in [-0.4, -0.2) is 74.1 Å². The van der Waals surface area contributed by atoms with Crippen LogP contribution in [0.1, 0.15) is 58.4 Å². The number of hydrogen-bond acceptors (Lipinski definition) is 5. The number of piperazine rings is 1. The van der Waals surface area contributed by atoms with Crippen molar-refractivity contribution in [1.29, 1.82) is 0 Å². The van der Waals surface area contributed by atoms with E-state index in [9.17, 15) is 4.79 Å². The average molecular weight is 604 g/mol. The summed E-state index contributed by atoms with van der Waals surface area (Å²) in [7, 11) is 3.42. The molecule has 4 aromatic rings. The molecule has 2 aliphatic rings. The van der Waals surface area contributed by atoms with Gasteiger partial charge in [0.05, 0.1) is 14.2 Å². The highest BCUT2D eigenvalue weighted by Gasteiger charge is 2.39. The number of likely N-dealkylation sites (tertiary alicyclic amines) is 1. The van der Waals surface area contributed by atoms with Crippen LogP contribution in [0.4, 0.5) is 0 Å². The van der Waals surface area contributed by atoms with E-state index < -0.39 is 0 Å². The van der Waals surface area contributed by atoms with Gasteiger partial charge < -0.3 is 14.4 Å². The maximum Gasteiger partial charge on any atom is 0.253 e. The van der Waals surface area contributed by atoms with E-state index in [0.29, 0.717) is 6.04 Å². The highest BCUT2D eigenvalue weighted by Crippen LogP contribution is 2.42. The summed E-state index contributed by atoms with van der Waals surface area (Å²) in [6.45, 7) is 8.34. The standard InChI is InChI=1S/C39H45N3O3/c1-30(32-8-5-4-6-9-32)41-24-26-42(27-25-41)38(43)33-12-10-31(11-13-33)28-40-23-7-22-39(29-40,34-14-18-36(44-2)19-15-34)35-16-20-37(45-3)21-17-35/h4-6,8-21,30H,7,22-29H2,1-3H3. The quantitative estimate of drug-likeness (QED) is 0.211. The molecule has 0 bridgehead atoms. The molecule has 45 heavy (non-hydrogen) atoms. The molecule has 0 aromatic heterocycles. The molecule has 1 atom stereocenters. The van der Waals surface area contributed by atoms with Gasteiger partial charge in [-0.15, -0.1) is 0 Å². The molecular formula is C39H45N3O3. The van der Waals surface area contributed by atoms with Crippen LogP contribution in [-0.2, 0) is 12.0 Å². The molecule has 2 saturated heterocycles. The first kappa shape index (κ1) is 30.9. The Hall–Kier alpha value is -4.13. The maximum atomic E-state index is 13.4. The van der Waals surface area contributed by atoms with Crippen LogP contribution in [0.2, 0.25) is 0 Å². The van der Waals surface area contributed by atoms with Gasteiger partial charge in [-0.1, -0.05) is 66.7 Å². The summed E-state index contributed by atoms with van der Waals surface area (Å²) in [6.07, 6.45) is 2.18. The van der Waals surface area contributed by atoms with Gasteiger partial charge in [0, 0.05) is 56.3 Å². The SMILES string of the molecule is COc1ccc(C2(c3ccc(OC)cc3)CCCN(Cc3ccc(C(=O)N4CCN(C(C)c5ccccc5)CC4)cc3)C2)cc1. The molecule has 6 nitrogen and oxygen atoms in total. The van der Waals surface area contributed by atoms with Crippen molar-refractivity contribution < 1.29 is 14.3 Å². The molecule has 0 saturated carbocycles. The van der Waals surface area contributed by atoms with Crippen molar-refractivity contribution in [3.05, 3.63) is 131 Å². The summed E-state index contributed by atoms with van der Waals surface area (Å²) < 4.78 is 10.9. The van der Waals surface area contributed by atoms with Crippen molar-refractivity contribution in [3.63, 3.8) is 0 Å². The third kappa shape index (κ3) is 6.77. The van der Waals surface area contributed by atoms with Gasteiger partial charge in [0.25, 0.3) is 5.91 Å². The Balaban J connectivity index is 1.12. The monoisotopic (exact) mass is 603 g/mol. The fraction of sp³-hybridized carbons (Fsp3) is 0.359. The topological polar surface area (TPSA) is 45.3 Å². The van der Waals surface area contributed by atoms with Crippen molar-refractivity contribution >= 4 is 5.91 Å². The van der Waals surface area contributed by atoms with Gasteiger partial charge in [-0.3, -0.25) is 14.6 Å². The second kappa shape index (κ2) is 13.9. The molecule has 1 amide bonds. The lowest BCUT2D eigenvalue weighted by atomic mass is 9.69. The lowest BCUT2D eigenvalue weighted by Crippen LogP contribution is -2.49. The molecule has 2 fully saturated rings. The number of benzene rings is 4. The van der Waals surface area contributed by atoms with E-state index in [4.69, 9.17) is 9.47 Å². The van der Waals surface area contributed by atoms with E-state index in [0.717, 1.165) is 75.7 Å². The Labute approximate surface area is 268 Å². The van der Waals surface area contributed by atoms with Gasteiger partial charge in [-0.25, -0.2) is 0 Å². The Morgan fingerprint density at radius 1 is 0.733 bits per heavy atom. The average Bonchev–Trinajstić information content (AvgIpc) is 3.12. The van der Waals surface area contributed by atoms with E-state index >= 15 is 0 Å². The minimum atomic E-state index is -0.132. The lowest BCUT2D eigenvalue weighted by Gasteiger charge is -2.44. The number of ether oxygens (including phenoxy) is 2. The zero-order valence-corrected chi connectivity index (χ0v) is 26.8. The number of amides is 1. The maximum absolute atomic E-state index is 13.4. The molecular weight excluding hydrogens is 558 g/mol. The highest BCUT2D eigenvalue weighted by atomic mass is 16.5. The predicted octanol–water partition coefficient (Wildman–Crippen LogP) is 6.80. The molecule has 234 valence electrons. The second-order valence-corrected chi connectivity index (χ2v) is 12.5. The first-order valence-electron chi connectivity index (χ1n) is 16.2. The minimum Gasteiger partial charge on any atom is -0.497 e. The third-order valence-electron chi connectivity index (χ3n) is 9.89. The fourth-order valence-corrected chi connectivity index (χ4v) is 7.19. The normalized spacial score (nSPS) is 17.9. The van der Waals surface area contributed by atoms with E-state index in [-0.39, 0.29) is 11.3 Å². The van der Waals surface area contributed by atoms with Crippen molar-refractivity contribution in [2.24, 2.45) is 0 Å². The second-order valence-electron chi connectivity index (χ2n) is 12.5. The molecule has 1 unspecified atom stereocenters. The number of piperidine rings is 1. The molecule has 0 aliphatic carbocycles. The van der Waals surface area contributed by atoms with Crippen molar-refractivity contribution in [1.82, 2.24) is 14.7 Å². The smallest absolute Gasteiger partial charge is 0.253 e. The van der Waals surface area contributed by atoms with Crippen LogP contribution in [0.3, 0.4) is 0 Å². The minimum absolute atomic E-state index is 0.129. The molecule has 2 heterocycles. The number of carbonyl (C=O) groups excluding carboxylic acids is 1. The van der Waals surface area contributed by atoms with Crippen molar-refractivity contribution in [3.8, 4) is 11.5 Å². The van der Waals surface area contributed by atoms with E-state index in [1.54, 1.807) is 14.2 Å². The van der Waals surface area contributed by atoms with Gasteiger partial charge >= 0.3 is 0 Å². The third-order valence-corrected chi connectivity index (χ3v) is 9.89. The molecule has 0 N–H and O–H groups in total. The largest absolute Gasteiger partial charge is 0.497 e. The molecule has 4 aromatic carbocycles. The van der Waals surface area contributed by atoms with Gasteiger partial charge in [0.1, 0.15) is 11.5 Å². The van der Waals surface area contributed by atoms with Gasteiger partial charge in [0.2, 0.25) is 0 Å². The number of methoxy groups -OCH3 is 2. The van der Waals surface area contributed by atoms with Crippen LogP contribution in [0.25, 0.3) is 0 Å². The number of rotatable bonds is 9. The first-order valence-corrected chi connectivity index (χ1v) is 16.2. The van der Waals surface area contributed by atoms with Crippen LogP contribution in [0.15, 0.2) is 103 Å². The van der Waals surface area contributed by atoms with Crippen molar-refractivity contribution in [2.45, 2.75) is 37.8 Å². The van der Waals surface area contributed by atoms with Gasteiger partial charge in [0.15, 0.2) is 0 Å². The molecule has 2 aliphatic heterocycles. The van der Waals surface area contributed by atoms with Crippen molar-refractivity contribution in [2.75, 3.05) is 53.5 Å². The summed E-state index contributed by atoms with van der Waals surface area (Å²) in [5, 5.41) is 0. The van der Waals surface area contributed by atoms with E-state index in [2.05, 4.69) is 108 Å². The Kier molecular flexibility index (Phi) is 9.53. The molecule has 0 spiro atoms. The summed E-state index contributed by atoms with van der Waals surface area (Å²) in [5.41, 5.74) is 5.80. The molecule has 6 rings (SSSR count). The summed E-state index contributed by atoms with van der Waals surface area (Å²) in [5.74, 6) is 1.87. The van der Waals surface area contributed by atoms with Gasteiger partial charge in [-0.2, -0.15) is 0 Å². The fourth-order valence-electron chi connectivity index (χ4n) is 7.19. The predicted molar refractivity (Wildman–Crippen MR) is 180 cm³/mol. The van der Waals surface area contributed by atoms with E-state index in [1.165, 1.54) is 22.3 Å². The highest BCUT2D eigenvalue weighted by molar-refractivity contribution is 5.94. The Bertz CT molecular complexity index is 1480. The zero-order chi connectivity index (χ0) is 31.2. The summed E-state index contributed by atoms with van der Waals surface area (Å²) in [4.78, 5) is 20.5. The van der Waals surface area contributed by atoms with Crippen LogP contribution in [0.5, 0.6) is 11.5 Å². The number of carbonyl (C=O) groups is 1. The van der Waals surface area contributed by atoms with Gasteiger partial charge in [-0.05, 0) is 85.0 Å². The first-order chi connectivity index (χ1) is 22.0. The summed E-state index contributed by atoms with van der Waals surface area (Å²) in [6, 6.07) is 36.4. The van der Waals surface area contributed by atoms with Crippen LogP contribution in [0, 0.1) is 0 Å². The van der Waals surface area contributed by atoms with Crippen LogP contribution < -0.4 is 9.47 Å². The van der Waals surface area contributed by atoms with Crippen LogP contribution >= 0.6 is 0 Å². The molecule has 6 heteroatoms. The number of hydrogen-bond donors (Lipinski definition) is 0. The Morgan fingerprint density at radius 2 is 1.31 bits per heavy atom. The molecule has 0 radical (unpaired) electrons.